The first kappa shape index (κ1) is 23.6. The molecule has 4 aromatic rings. The van der Waals surface area contributed by atoms with Crippen molar-refractivity contribution in [3.63, 3.8) is 0 Å². The Morgan fingerprint density at radius 1 is 0.892 bits per heavy atom. The number of hydrogen-bond donors (Lipinski definition) is 0. The van der Waals surface area contributed by atoms with Crippen molar-refractivity contribution < 1.29 is 13.2 Å². The number of benzene rings is 3. The van der Waals surface area contributed by atoms with E-state index in [-0.39, 0.29) is 21.8 Å². The van der Waals surface area contributed by atoms with Crippen LogP contribution >= 0.6 is 0 Å². The molecule has 7 nitrogen and oxygen atoms in total. The Hall–Kier alpha value is -3.75. The van der Waals surface area contributed by atoms with E-state index in [9.17, 15) is 18.0 Å². The van der Waals surface area contributed by atoms with Gasteiger partial charge in [0.05, 0.1) is 10.4 Å². The van der Waals surface area contributed by atoms with E-state index in [1.807, 2.05) is 60.0 Å². The van der Waals surface area contributed by atoms with Crippen molar-refractivity contribution in [2.45, 2.75) is 37.8 Å². The molecule has 0 spiro atoms. The highest BCUT2D eigenvalue weighted by atomic mass is 32.2. The van der Waals surface area contributed by atoms with Crippen molar-refractivity contribution in [3.05, 3.63) is 105 Å². The van der Waals surface area contributed by atoms with E-state index in [1.54, 1.807) is 23.2 Å². The molecule has 0 unspecified atom stereocenters. The average Bonchev–Trinajstić information content (AvgIpc) is 3.37. The number of pyridine rings is 1. The van der Waals surface area contributed by atoms with Crippen LogP contribution in [0.4, 0.5) is 5.69 Å². The Balaban J connectivity index is 1.42. The lowest BCUT2D eigenvalue weighted by molar-refractivity contribution is 0.0988. The fourth-order valence-corrected chi connectivity index (χ4v) is 6.92. The normalized spacial score (nSPS) is 15.5. The Morgan fingerprint density at radius 2 is 1.59 bits per heavy atom. The topological polar surface area (TPSA) is 79.7 Å². The molecule has 2 aliphatic heterocycles. The minimum atomic E-state index is -3.83. The number of hydrogen-bond acceptors (Lipinski definition) is 4. The summed E-state index contributed by atoms with van der Waals surface area (Å²) >= 11 is 0. The third-order valence-corrected chi connectivity index (χ3v) is 9.33. The van der Waals surface area contributed by atoms with Crippen LogP contribution < -0.4 is 10.3 Å². The van der Waals surface area contributed by atoms with E-state index in [4.69, 9.17) is 0 Å². The molecule has 1 aromatic heterocycles. The molecule has 6 rings (SSSR count). The molecule has 0 fully saturated rings. The summed E-state index contributed by atoms with van der Waals surface area (Å²) in [5, 5.41) is 0.235. The second-order valence-electron chi connectivity index (χ2n) is 9.53. The van der Waals surface area contributed by atoms with Crippen LogP contribution in [0.3, 0.4) is 0 Å². The molecule has 0 N–H and O–H groups in total. The average molecular weight is 514 g/mol. The number of para-hydroxylation sites is 1. The lowest BCUT2D eigenvalue weighted by Gasteiger charge is -2.28. The molecule has 0 atom stereocenters. The number of aryl methyl sites for hydroxylation is 1. The maximum absolute atomic E-state index is 13.7. The molecule has 37 heavy (non-hydrogen) atoms. The van der Waals surface area contributed by atoms with Gasteiger partial charge in [-0.25, -0.2) is 8.42 Å². The van der Waals surface area contributed by atoms with Crippen LogP contribution in [0.5, 0.6) is 0 Å². The molecule has 1 amide bonds. The van der Waals surface area contributed by atoms with Crippen LogP contribution in [0, 0.1) is 0 Å². The number of fused-ring (bicyclic) bond motifs is 3. The van der Waals surface area contributed by atoms with E-state index >= 15 is 0 Å². The molecule has 3 aromatic carbocycles. The van der Waals surface area contributed by atoms with Crippen molar-refractivity contribution in [3.8, 4) is 0 Å². The van der Waals surface area contributed by atoms with Crippen LogP contribution in [0.15, 0.2) is 82.6 Å². The summed E-state index contributed by atoms with van der Waals surface area (Å²) < 4.78 is 30.5. The molecule has 2 aliphatic rings. The summed E-state index contributed by atoms with van der Waals surface area (Å²) in [5.74, 6) is -0.361. The number of rotatable bonds is 4. The third kappa shape index (κ3) is 3.88. The Kier molecular flexibility index (Phi) is 5.73. The van der Waals surface area contributed by atoms with E-state index in [1.165, 1.54) is 10.4 Å². The smallest absolute Gasteiger partial charge is 0.263 e. The molecule has 8 heteroatoms. The monoisotopic (exact) mass is 513 g/mol. The minimum Gasteiger partial charge on any atom is -0.347 e. The van der Waals surface area contributed by atoms with E-state index in [0.29, 0.717) is 38.1 Å². The number of anilines is 1. The SMILES string of the molecule is CCn1cc(C(=O)N2CCc3ccccc32)c(=O)c2cc(S(=O)(=O)N3CCc4ccccc4C3)ccc21. The number of carbonyl (C=O) groups excluding carboxylic acids is 1. The molecule has 0 saturated heterocycles. The van der Waals surface area contributed by atoms with E-state index in [2.05, 4.69) is 0 Å². The standard InChI is InChI=1S/C29H27N3O4S/c1-2-30-19-25(29(34)32-16-14-21-8-5-6-10-26(21)32)28(33)24-17-23(11-12-27(24)30)37(35,36)31-15-13-20-7-3-4-9-22(20)18-31/h3-12,17,19H,2,13-16,18H2,1H3. The van der Waals surface area contributed by atoms with Gasteiger partial charge in [-0.05, 0) is 60.7 Å². The Bertz CT molecular complexity index is 1730. The first-order valence-corrected chi connectivity index (χ1v) is 14.0. The van der Waals surface area contributed by atoms with Crippen molar-refractivity contribution in [1.29, 1.82) is 0 Å². The van der Waals surface area contributed by atoms with Gasteiger partial charge >= 0.3 is 0 Å². The van der Waals surface area contributed by atoms with Gasteiger partial charge in [-0.3, -0.25) is 9.59 Å². The molecule has 188 valence electrons. The lowest BCUT2D eigenvalue weighted by Crippen LogP contribution is -2.36. The first-order chi connectivity index (χ1) is 17.9. The predicted octanol–water partition coefficient (Wildman–Crippen LogP) is 3.97. The van der Waals surface area contributed by atoms with Gasteiger partial charge in [0.25, 0.3) is 5.91 Å². The molecular formula is C29H27N3O4S. The highest BCUT2D eigenvalue weighted by Crippen LogP contribution is 2.30. The lowest BCUT2D eigenvalue weighted by atomic mass is 10.0. The van der Waals surface area contributed by atoms with E-state index < -0.39 is 15.5 Å². The molecule has 0 saturated carbocycles. The zero-order valence-electron chi connectivity index (χ0n) is 20.6. The van der Waals surface area contributed by atoms with Gasteiger partial charge in [0.1, 0.15) is 5.56 Å². The van der Waals surface area contributed by atoms with E-state index in [0.717, 1.165) is 28.8 Å². The zero-order valence-corrected chi connectivity index (χ0v) is 21.4. The van der Waals surface area contributed by atoms with Gasteiger partial charge in [0, 0.05) is 43.4 Å². The number of nitrogens with zero attached hydrogens (tertiary/aromatic N) is 3. The largest absolute Gasteiger partial charge is 0.347 e. The van der Waals surface area contributed by atoms with Gasteiger partial charge in [0.2, 0.25) is 15.5 Å². The third-order valence-electron chi connectivity index (χ3n) is 7.49. The molecule has 0 bridgehead atoms. The van der Waals surface area contributed by atoms with Gasteiger partial charge in [-0.2, -0.15) is 4.31 Å². The molecule has 0 radical (unpaired) electrons. The van der Waals surface area contributed by atoms with Gasteiger partial charge in [-0.15, -0.1) is 0 Å². The number of carbonyl (C=O) groups is 1. The zero-order chi connectivity index (χ0) is 25.7. The highest BCUT2D eigenvalue weighted by Gasteiger charge is 2.30. The fourth-order valence-electron chi connectivity index (χ4n) is 5.47. The summed E-state index contributed by atoms with van der Waals surface area (Å²) in [5.41, 5.74) is 4.24. The minimum absolute atomic E-state index is 0.0486. The highest BCUT2D eigenvalue weighted by molar-refractivity contribution is 7.89. The molecule has 0 aliphatic carbocycles. The second kappa shape index (κ2) is 8.97. The van der Waals surface area contributed by atoms with Crippen molar-refractivity contribution >= 4 is 32.5 Å². The van der Waals surface area contributed by atoms with Crippen LogP contribution in [0.2, 0.25) is 0 Å². The number of aromatic nitrogens is 1. The van der Waals surface area contributed by atoms with Crippen molar-refractivity contribution in [2.75, 3.05) is 18.0 Å². The van der Waals surface area contributed by atoms with Gasteiger partial charge in [-0.1, -0.05) is 42.5 Å². The van der Waals surface area contributed by atoms with Crippen LogP contribution in [-0.2, 0) is 36.0 Å². The summed E-state index contributed by atoms with van der Waals surface area (Å²) in [6.07, 6.45) is 2.98. The van der Waals surface area contributed by atoms with Gasteiger partial charge in [0.15, 0.2) is 0 Å². The summed E-state index contributed by atoms with van der Waals surface area (Å²) in [4.78, 5) is 28.9. The number of amides is 1. The quantitative estimate of drug-likeness (QED) is 0.414. The van der Waals surface area contributed by atoms with Crippen LogP contribution in [-0.4, -0.2) is 36.3 Å². The van der Waals surface area contributed by atoms with Crippen molar-refractivity contribution in [1.82, 2.24) is 8.87 Å². The summed E-state index contributed by atoms with van der Waals surface area (Å²) in [6, 6.07) is 20.2. The number of sulfonamides is 1. The first-order valence-electron chi connectivity index (χ1n) is 12.5. The molecular weight excluding hydrogens is 486 g/mol. The fraction of sp³-hybridized carbons (Fsp3) is 0.241. The van der Waals surface area contributed by atoms with Crippen LogP contribution in [0.25, 0.3) is 10.9 Å². The van der Waals surface area contributed by atoms with Crippen LogP contribution in [0.1, 0.15) is 34.0 Å². The summed E-state index contributed by atoms with van der Waals surface area (Å²) in [6.45, 7) is 3.64. The predicted molar refractivity (Wildman–Crippen MR) is 143 cm³/mol. The Labute approximate surface area is 215 Å². The van der Waals surface area contributed by atoms with Crippen molar-refractivity contribution in [2.24, 2.45) is 0 Å². The molecule has 3 heterocycles. The second-order valence-corrected chi connectivity index (χ2v) is 11.5. The Morgan fingerprint density at radius 3 is 2.38 bits per heavy atom. The maximum atomic E-state index is 13.7. The van der Waals surface area contributed by atoms with Gasteiger partial charge < -0.3 is 9.47 Å². The summed E-state index contributed by atoms with van der Waals surface area (Å²) in [7, 11) is -3.83. The maximum Gasteiger partial charge on any atom is 0.263 e.